The van der Waals surface area contributed by atoms with Gasteiger partial charge in [0, 0.05) is 18.7 Å². The van der Waals surface area contributed by atoms with E-state index in [4.69, 9.17) is 9.47 Å². The fourth-order valence-corrected chi connectivity index (χ4v) is 1.89. The Bertz CT molecular complexity index is 339. The lowest BCUT2D eigenvalue weighted by Crippen LogP contribution is -2.11. The van der Waals surface area contributed by atoms with Crippen LogP contribution < -0.4 is 10.1 Å². The predicted molar refractivity (Wildman–Crippen MR) is 79.6 cm³/mol. The third-order valence-electron chi connectivity index (χ3n) is 2.90. The van der Waals surface area contributed by atoms with Gasteiger partial charge in [-0.3, -0.25) is 0 Å². The van der Waals surface area contributed by atoms with E-state index < -0.39 is 0 Å². The summed E-state index contributed by atoms with van der Waals surface area (Å²) in [6.07, 6.45) is 2.36. The van der Waals surface area contributed by atoms with Crippen molar-refractivity contribution in [2.75, 3.05) is 26.9 Å². The molecule has 0 saturated carbocycles. The first-order valence-electron chi connectivity index (χ1n) is 7.17. The smallest absolute Gasteiger partial charge is 0.123 e. The summed E-state index contributed by atoms with van der Waals surface area (Å²) in [6, 6.07) is 8.11. The van der Waals surface area contributed by atoms with Crippen molar-refractivity contribution in [1.82, 2.24) is 5.32 Å². The van der Waals surface area contributed by atoms with Gasteiger partial charge >= 0.3 is 0 Å². The summed E-state index contributed by atoms with van der Waals surface area (Å²) >= 11 is 0. The number of hydrogen-bond acceptors (Lipinski definition) is 3. The normalized spacial score (nSPS) is 10.9. The summed E-state index contributed by atoms with van der Waals surface area (Å²) in [7, 11) is 1.94. The van der Waals surface area contributed by atoms with E-state index in [1.807, 2.05) is 25.2 Å². The summed E-state index contributed by atoms with van der Waals surface area (Å²) < 4.78 is 11.3. The maximum absolute atomic E-state index is 5.75. The Morgan fingerprint density at radius 2 is 1.89 bits per heavy atom. The maximum atomic E-state index is 5.75. The Balaban J connectivity index is 2.15. The van der Waals surface area contributed by atoms with Crippen molar-refractivity contribution >= 4 is 0 Å². The molecule has 0 bridgehead atoms. The van der Waals surface area contributed by atoms with E-state index in [1.54, 1.807) is 0 Å². The Morgan fingerprint density at radius 3 is 2.63 bits per heavy atom. The van der Waals surface area contributed by atoms with Crippen LogP contribution in [-0.2, 0) is 11.3 Å². The van der Waals surface area contributed by atoms with Gasteiger partial charge in [0.05, 0.1) is 6.61 Å². The predicted octanol–water partition coefficient (Wildman–Crippen LogP) is 3.24. The number of hydrogen-bond donors (Lipinski definition) is 1. The number of ether oxygens (including phenoxy) is 2. The molecule has 0 aliphatic carbocycles. The van der Waals surface area contributed by atoms with Gasteiger partial charge in [0.1, 0.15) is 12.4 Å². The average molecular weight is 265 g/mol. The fourth-order valence-electron chi connectivity index (χ4n) is 1.89. The Hall–Kier alpha value is -1.06. The highest BCUT2D eigenvalue weighted by atomic mass is 16.5. The van der Waals surface area contributed by atoms with Gasteiger partial charge in [0.25, 0.3) is 0 Å². The minimum Gasteiger partial charge on any atom is -0.491 e. The summed E-state index contributed by atoms with van der Waals surface area (Å²) in [5.41, 5.74) is 1.19. The lowest BCUT2D eigenvalue weighted by Gasteiger charge is -2.11. The molecule has 0 radical (unpaired) electrons. The first kappa shape index (κ1) is 16.0. The molecule has 0 unspecified atom stereocenters. The SMILES string of the molecule is CNCc1ccccc1OCCOCCCC(C)C. The number of rotatable bonds is 10. The van der Waals surface area contributed by atoms with Crippen LogP contribution in [0.2, 0.25) is 0 Å². The van der Waals surface area contributed by atoms with Crippen molar-refractivity contribution < 1.29 is 9.47 Å². The standard InChI is InChI=1S/C16H27NO2/c1-14(2)7-6-10-18-11-12-19-16-9-5-4-8-15(16)13-17-3/h4-5,8-9,14,17H,6-7,10-13H2,1-3H3. The van der Waals surface area contributed by atoms with Crippen LogP contribution in [0.25, 0.3) is 0 Å². The van der Waals surface area contributed by atoms with Crippen molar-refractivity contribution in [3.8, 4) is 5.75 Å². The molecule has 1 aromatic rings. The van der Waals surface area contributed by atoms with Crippen molar-refractivity contribution in [2.24, 2.45) is 5.92 Å². The Labute approximate surface area is 117 Å². The largest absolute Gasteiger partial charge is 0.491 e. The topological polar surface area (TPSA) is 30.5 Å². The summed E-state index contributed by atoms with van der Waals surface area (Å²) in [6.45, 7) is 7.41. The lowest BCUT2D eigenvalue weighted by atomic mass is 10.1. The molecule has 0 spiro atoms. The maximum Gasteiger partial charge on any atom is 0.123 e. The third-order valence-corrected chi connectivity index (χ3v) is 2.90. The van der Waals surface area contributed by atoms with Crippen LogP contribution in [0.5, 0.6) is 5.75 Å². The monoisotopic (exact) mass is 265 g/mol. The molecule has 1 N–H and O–H groups in total. The molecule has 0 aliphatic heterocycles. The van der Waals surface area contributed by atoms with E-state index in [-0.39, 0.29) is 0 Å². The van der Waals surface area contributed by atoms with Gasteiger partial charge in [-0.2, -0.15) is 0 Å². The molecule has 0 atom stereocenters. The minimum atomic E-state index is 0.613. The molecule has 0 saturated heterocycles. The van der Waals surface area contributed by atoms with Gasteiger partial charge in [-0.25, -0.2) is 0 Å². The number of para-hydroxylation sites is 1. The van der Waals surface area contributed by atoms with Gasteiger partial charge < -0.3 is 14.8 Å². The number of nitrogens with one attached hydrogen (secondary N) is 1. The van der Waals surface area contributed by atoms with Gasteiger partial charge in [0.2, 0.25) is 0 Å². The molecular formula is C16H27NO2. The molecule has 0 fully saturated rings. The molecule has 0 aliphatic rings. The summed E-state index contributed by atoms with van der Waals surface area (Å²) in [4.78, 5) is 0. The zero-order valence-electron chi connectivity index (χ0n) is 12.4. The minimum absolute atomic E-state index is 0.613. The van der Waals surface area contributed by atoms with Gasteiger partial charge in [-0.15, -0.1) is 0 Å². The molecule has 19 heavy (non-hydrogen) atoms. The lowest BCUT2D eigenvalue weighted by molar-refractivity contribution is 0.0954. The van der Waals surface area contributed by atoms with E-state index in [2.05, 4.69) is 25.2 Å². The van der Waals surface area contributed by atoms with Crippen LogP contribution in [-0.4, -0.2) is 26.9 Å². The molecule has 108 valence electrons. The van der Waals surface area contributed by atoms with Gasteiger partial charge in [-0.1, -0.05) is 32.0 Å². The molecule has 1 rings (SSSR count). The molecule has 3 heteroatoms. The van der Waals surface area contributed by atoms with E-state index in [9.17, 15) is 0 Å². The zero-order valence-corrected chi connectivity index (χ0v) is 12.4. The van der Waals surface area contributed by atoms with Gasteiger partial charge in [-0.05, 0) is 31.9 Å². The third kappa shape index (κ3) is 7.19. The van der Waals surface area contributed by atoms with Crippen LogP contribution in [0, 0.1) is 5.92 Å². The molecule has 0 aromatic heterocycles. The van der Waals surface area contributed by atoms with Crippen molar-refractivity contribution in [2.45, 2.75) is 33.2 Å². The highest BCUT2D eigenvalue weighted by Crippen LogP contribution is 2.17. The zero-order chi connectivity index (χ0) is 13.9. The molecule has 0 amide bonds. The van der Waals surface area contributed by atoms with E-state index in [0.717, 1.165) is 31.2 Å². The molecular weight excluding hydrogens is 238 g/mol. The second-order valence-corrected chi connectivity index (χ2v) is 5.13. The fraction of sp³-hybridized carbons (Fsp3) is 0.625. The summed E-state index contributed by atoms with van der Waals surface area (Å²) in [5, 5.41) is 3.14. The van der Waals surface area contributed by atoms with E-state index >= 15 is 0 Å². The summed E-state index contributed by atoms with van der Waals surface area (Å²) in [5.74, 6) is 1.70. The number of benzene rings is 1. The average Bonchev–Trinajstić information content (AvgIpc) is 2.39. The van der Waals surface area contributed by atoms with E-state index in [1.165, 1.54) is 12.0 Å². The van der Waals surface area contributed by atoms with Crippen LogP contribution in [0.4, 0.5) is 0 Å². The molecule has 0 heterocycles. The molecule has 3 nitrogen and oxygen atoms in total. The molecule has 1 aromatic carbocycles. The highest BCUT2D eigenvalue weighted by Gasteiger charge is 2.01. The van der Waals surface area contributed by atoms with Crippen molar-refractivity contribution in [3.63, 3.8) is 0 Å². The Morgan fingerprint density at radius 1 is 1.11 bits per heavy atom. The van der Waals surface area contributed by atoms with Gasteiger partial charge in [0.15, 0.2) is 0 Å². The quantitative estimate of drug-likeness (QED) is 0.659. The second kappa shape index (κ2) is 9.82. The highest BCUT2D eigenvalue weighted by molar-refractivity contribution is 5.33. The second-order valence-electron chi connectivity index (χ2n) is 5.13. The van der Waals surface area contributed by atoms with Crippen LogP contribution in [0.3, 0.4) is 0 Å². The Kier molecular flexibility index (Phi) is 8.26. The first-order chi connectivity index (χ1) is 9.24. The van der Waals surface area contributed by atoms with Crippen LogP contribution >= 0.6 is 0 Å². The van der Waals surface area contributed by atoms with Crippen molar-refractivity contribution in [3.05, 3.63) is 29.8 Å². The first-order valence-corrected chi connectivity index (χ1v) is 7.17. The van der Waals surface area contributed by atoms with Crippen molar-refractivity contribution in [1.29, 1.82) is 0 Å². The van der Waals surface area contributed by atoms with E-state index in [0.29, 0.717) is 13.2 Å². The van der Waals surface area contributed by atoms with Crippen LogP contribution in [0.1, 0.15) is 32.3 Å². The van der Waals surface area contributed by atoms with Crippen LogP contribution in [0.15, 0.2) is 24.3 Å².